The van der Waals surface area contributed by atoms with Crippen molar-refractivity contribution in [3.63, 3.8) is 0 Å². The number of nitrogens with two attached hydrogens (primary N) is 1. The van der Waals surface area contributed by atoms with Crippen molar-refractivity contribution in [1.29, 1.82) is 0 Å². The van der Waals surface area contributed by atoms with Gasteiger partial charge < -0.3 is 5.73 Å². The zero-order chi connectivity index (χ0) is 9.84. The molecule has 0 fully saturated rings. The third-order valence-electron chi connectivity index (χ3n) is 2.31. The molecular weight excluding hydrogens is 164 g/mol. The highest BCUT2D eigenvalue weighted by Gasteiger charge is 2.10. The highest BCUT2D eigenvalue weighted by molar-refractivity contribution is 4.98. The summed E-state index contributed by atoms with van der Waals surface area (Å²) in [4.78, 5) is 0. The fourth-order valence-corrected chi connectivity index (χ4v) is 1.34. The molecule has 0 aliphatic rings. The first-order valence-electron chi connectivity index (χ1n) is 4.86. The number of aromatic nitrogens is 3. The number of rotatable bonds is 4. The summed E-state index contributed by atoms with van der Waals surface area (Å²) in [6, 6.07) is 0.433. The minimum Gasteiger partial charge on any atom is -0.323 e. The van der Waals surface area contributed by atoms with Crippen LogP contribution in [0.15, 0.2) is 6.20 Å². The van der Waals surface area contributed by atoms with Crippen LogP contribution in [0.25, 0.3) is 0 Å². The van der Waals surface area contributed by atoms with Gasteiger partial charge in [0, 0.05) is 6.04 Å². The number of nitrogens with zero attached hydrogens (tertiary/aromatic N) is 3. The van der Waals surface area contributed by atoms with Gasteiger partial charge >= 0.3 is 0 Å². The molecule has 0 bridgehead atoms. The molecule has 0 aliphatic heterocycles. The molecule has 0 saturated heterocycles. The lowest BCUT2D eigenvalue weighted by Crippen LogP contribution is -2.08. The summed E-state index contributed by atoms with van der Waals surface area (Å²) in [5, 5.41) is 8.09. The molecule has 1 atom stereocenters. The lowest BCUT2D eigenvalue weighted by molar-refractivity contribution is 0.418. The first-order valence-corrected chi connectivity index (χ1v) is 4.86. The van der Waals surface area contributed by atoms with E-state index in [9.17, 15) is 0 Å². The van der Waals surface area contributed by atoms with Crippen LogP contribution >= 0.6 is 0 Å². The summed E-state index contributed by atoms with van der Waals surface area (Å²) < 4.78 is 1.92. The smallest absolute Gasteiger partial charge is 0.0991 e. The van der Waals surface area contributed by atoms with Crippen molar-refractivity contribution in [2.75, 3.05) is 0 Å². The van der Waals surface area contributed by atoms with E-state index in [1.54, 1.807) is 0 Å². The van der Waals surface area contributed by atoms with Crippen molar-refractivity contribution >= 4 is 0 Å². The van der Waals surface area contributed by atoms with Crippen molar-refractivity contribution in [2.45, 2.75) is 45.7 Å². The Balaban J connectivity index is 2.78. The van der Waals surface area contributed by atoms with E-state index >= 15 is 0 Å². The molecular formula is C9H18N4. The fourth-order valence-electron chi connectivity index (χ4n) is 1.34. The summed E-state index contributed by atoms with van der Waals surface area (Å²) >= 11 is 0. The van der Waals surface area contributed by atoms with Gasteiger partial charge in [-0.25, -0.2) is 4.68 Å². The Morgan fingerprint density at radius 1 is 1.46 bits per heavy atom. The summed E-state index contributed by atoms with van der Waals surface area (Å²) in [5.41, 5.74) is 6.56. The Kier molecular flexibility index (Phi) is 3.42. The highest BCUT2D eigenvalue weighted by atomic mass is 15.4. The molecule has 0 aromatic carbocycles. The Hall–Kier alpha value is -0.900. The maximum absolute atomic E-state index is 5.69. The van der Waals surface area contributed by atoms with E-state index < -0.39 is 0 Å². The first kappa shape index (κ1) is 10.2. The Labute approximate surface area is 79.1 Å². The van der Waals surface area contributed by atoms with E-state index in [1.807, 2.05) is 17.8 Å². The average Bonchev–Trinajstić information content (AvgIpc) is 2.56. The molecule has 2 N–H and O–H groups in total. The zero-order valence-corrected chi connectivity index (χ0v) is 8.57. The third kappa shape index (κ3) is 2.28. The van der Waals surface area contributed by atoms with Gasteiger partial charge in [-0.3, -0.25) is 0 Å². The molecule has 13 heavy (non-hydrogen) atoms. The quantitative estimate of drug-likeness (QED) is 0.770. The largest absolute Gasteiger partial charge is 0.323 e. The zero-order valence-electron chi connectivity index (χ0n) is 8.57. The fraction of sp³-hybridized carbons (Fsp3) is 0.778. The predicted octanol–water partition coefficient (Wildman–Crippen LogP) is 1.66. The van der Waals surface area contributed by atoms with Crippen LogP contribution in [-0.4, -0.2) is 15.0 Å². The van der Waals surface area contributed by atoms with Crippen LogP contribution in [-0.2, 0) is 0 Å². The molecule has 1 rings (SSSR count). The molecule has 0 spiro atoms. The van der Waals surface area contributed by atoms with Gasteiger partial charge in [0.05, 0.1) is 17.9 Å². The van der Waals surface area contributed by atoms with Crippen LogP contribution in [0.4, 0.5) is 0 Å². The molecule has 1 unspecified atom stereocenters. The van der Waals surface area contributed by atoms with Gasteiger partial charge in [-0.2, -0.15) is 0 Å². The predicted molar refractivity (Wildman–Crippen MR) is 52.2 cm³/mol. The second kappa shape index (κ2) is 4.37. The van der Waals surface area contributed by atoms with Gasteiger partial charge in [0.2, 0.25) is 0 Å². The summed E-state index contributed by atoms with van der Waals surface area (Å²) in [5.74, 6) is 0. The number of hydrogen-bond donors (Lipinski definition) is 1. The van der Waals surface area contributed by atoms with Gasteiger partial charge in [-0.15, -0.1) is 5.10 Å². The lowest BCUT2D eigenvalue weighted by atomic mass is 10.2. The van der Waals surface area contributed by atoms with Crippen LogP contribution in [0.3, 0.4) is 0 Å². The van der Waals surface area contributed by atoms with E-state index in [-0.39, 0.29) is 6.04 Å². The minimum atomic E-state index is -0.0249. The van der Waals surface area contributed by atoms with Crippen molar-refractivity contribution in [3.05, 3.63) is 11.9 Å². The first-order chi connectivity index (χ1) is 6.19. The van der Waals surface area contributed by atoms with Crippen molar-refractivity contribution in [3.8, 4) is 0 Å². The van der Waals surface area contributed by atoms with Crippen molar-refractivity contribution < 1.29 is 0 Å². The van der Waals surface area contributed by atoms with E-state index in [0.717, 1.165) is 18.5 Å². The molecule has 1 aromatic heterocycles. The van der Waals surface area contributed by atoms with Crippen molar-refractivity contribution in [1.82, 2.24) is 15.0 Å². The van der Waals surface area contributed by atoms with Crippen LogP contribution in [0.2, 0.25) is 0 Å². The Morgan fingerprint density at radius 3 is 2.46 bits per heavy atom. The third-order valence-corrected chi connectivity index (χ3v) is 2.31. The van der Waals surface area contributed by atoms with E-state index in [2.05, 4.69) is 24.2 Å². The van der Waals surface area contributed by atoms with Crippen LogP contribution in [0.5, 0.6) is 0 Å². The maximum Gasteiger partial charge on any atom is 0.0991 e. The highest BCUT2D eigenvalue weighted by Crippen LogP contribution is 2.15. The second-order valence-electron chi connectivity index (χ2n) is 3.38. The SMILES string of the molecule is CCC(CC)n1cc(C(C)N)nn1. The standard InChI is InChI=1S/C9H18N4/c1-4-8(5-2)13-6-9(7(3)10)11-12-13/h6-8H,4-5,10H2,1-3H3. The van der Waals surface area contributed by atoms with Gasteiger partial charge in [-0.1, -0.05) is 19.1 Å². The van der Waals surface area contributed by atoms with Gasteiger partial charge in [0.1, 0.15) is 0 Å². The summed E-state index contributed by atoms with van der Waals surface area (Å²) in [6.45, 7) is 6.23. The summed E-state index contributed by atoms with van der Waals surface area (Å²) in [6.07, 6.45) is 4.11. The topological polar surface area (TPSA) is 56.7 Å². The molecule has 4 heteroatoms. The monoisotopic (exact) mass is 182 g/mol. The maximum atomic E-state index is 5.69. The van der Waals surface area contributed by atoms with Crippen LogP contribution in [0, 0.1) is 0 Å². The minimum absolute atomic E-state index is 0.0249. The van der Waals surface area contributed by atoms with Gasteiger partial charge in [0.25, 0.3) is 0 Å². The van der Waals surface area contributed by atoms with E-state index in [4.69, 9.17) is 5.73 Å². The number of hydrogen-bond acceptors (Lipinski definition) is 3. The molecule has 1 heterocycles. The van der Waals surface area contributed by atoms with E-state index in [1.165, 1.54) is 0 Å². The second-order valence-corrected chi connectivity index (χ2v) is 3.38. The van der Waals surface area contributed by atoms with E-state index in [0.29, 0.717) is 6.04 Å². The van der Waals surface area contributed by atoms with Gasteiger partial charge in [0.15, 0.2) is 0 Å². The summed E-state index contributed by atoms with van der Waals surface area (Å²) in [7, 11) is 0. The lowest BCUT2D eigenvalue weighted by Gasteiger charge is -2.10. The molecule has 0 saturated carbocycles. The Bertz CT molecular complexity index is 250. The Morgan fingerprint density at radius 2 is 2.08 bits per heavy atom. The molecule has 4 nitrogen and oxygen atoms in total. The van der Waals surface area contributed by atoms with Crippen LogP contribution in [0.1, 0.15) is 51.4 Å². The van der Waals surface area contributed by atoms with Crippen LogP contribution < -0.4 is 5.73 Å². The molecule has 74 valence electrons. The molecule has 1 aromatic rings. The molecule has 0 aliphatic carbocycles. The molecule has 0 radical (unpaired) electrons. The average molecular weight is 182 g/mol. The normalized spacial score (nSPS) is 13.6. The molecule has 0 amide bonds. The van der Waals surface area contributed by atoms with Crippen molar-refractivity contribution in [2.24, 2.45) is 5.73 Å². The van der Waals surface area contributed by atoms with Gasteiger partial charge in [-0.05, 0) is 19.8 Å².